The minimum Gasteiger partial charge on any atom is -0.461 e. The molecule has 1 aromatic rings. The molecule has 0 aromatic carbocycles. The number of H-pyrrole nitrogens is 1. The fourth-order valence-corrected chi connectivity index (χ4v) is 2.62. The number of ether oxygens (including phenoxy) is 2. The van der Waals surface area contributed by atoms with Crippen LogP contribution in [0.5, 0.6) is 0 Å². The van der Waals surface area contributed by atoms with Crippen LogP contribution in [-0.4, -0.2) is 58.4 Å². The molecule has 0 aliphatic carbocycles. The molecule has 9 heteroatoms. The second-order valence-corrected chi connectivity index (χ2v) is 6.99. The summed E-state index contributed by atoms with van der Waals surface area (Å²) in [5.41, 5.74) is 1.20. The third-order valence-corrected chi connectivity index (χ3v) is 3.76. The highest BCUT2D eigenvalue weighted by Gasteiger charge is 2.28. The van der Waals surface area contributed by atoms with E-state index in [0.29, 0.717) is 25.1 Å². The van der Waals surface area contributed by atoms with Crippen LogP contribution in [0.1, 0.15) is 55.9 Å². The summed E-state index contributed by atoms with van der Waals surface area (Å²) < 4.78 is 10.1. The molecule has 1 aliphatic heterocycles. The van der Waals surface area contributed by atoms with Crippen molar-refractivity contribution in [3.63, 3.8) is 0 Å². The first-order chi connectivity index (χ1) is 12.2. The van der Waals surface area contributed by atoms with E-state index in [1.807, 2.05) is 0 Å². The topological polar surface area (TPSA) is 114 Å². The Morgan fingerprint density at radius 1 is 1.31 bits per heavy atom. The third-order valence-electron chi connectivity index (χ3n) is 3.76. The van der Waals surface area contributed by atoms with E-state index in [-0.39, 0.29) is 31.2 Å². The SMILES string of the molecule is CCOC(=O)c1n[nH]c2c1CN(C(=O)CCNC(=O)OC(C)(C)C)CC2. The van der Waals surface area contributed by atoms with Crippen molar-refractivity contribution in [1.82, 2.24) is 20.4 Å². The van der Waals surface area contributed by atoms with E-state index in [2.05, 4.69) is 15.5 Å². The molecular formula is C17H26N4O5. The average Bonchev–Trinajstić information content (AvgIpc) is 2.96. The molecule has 0 atom stereocenters. The summed E-state index contributed by atoms with van der Waals surface area (Å²) in [4.78, 5) is 37.6. The Morgan fingerprint density at radius 3 is 2.69 bits per heavy atom. The summed E-state index contributed by atoms with van der Waals surface area (Å²) in [5, 5.41) is 9.43. The van der Waals surface area contributed by atoms with Gasteiger partial charge in [-0.25, -0.2) is 9.59 Å². The van der Waals surface area contributed by atoms with E-state index in [9.17, 15) is 14.4 Å². The van der Waals surface area contributed by atoms with Crippen LogP contribution in [0.4, 0.5) is 4.79 Å². The highest BCUT2D eigenvalue weighted by molar-refractivity contribution is 5.89. The number of alkyl carbamates (subject to hydrolysis) is 1. The van der Waals surface area contributed by atoms with Crippen LogP contribution in [0.2, 0.25) is 0 Å². The Bertz CT molecular complexity index is 677. The number of carbonyl (C=O) groups is 3. The summed E-state index contributed by atoms with van der Waals surface area (Å²) in [6.07, 6.45) is 0.194. The minimum atomic E-state index is -0.581. The first-order valence-electron chi connectivity index (χ1n) is 8.69. The van der Waals surface area contributed by atoms with Crippen molar-refractivity contribution in [3.05, 3.63) is 17.0 Å². The minimum absolute atomic E-state index is 0.109. The summed E-state index contributed by atoms with van der Waals surface area (Å²) in [6, 6.07) is 0. The molecule has 26 heavy (non-hydrogen) atoms. The first kappa shape index (κ1) is 19.7. The lowest BCUT2D eigenvalue weighted by Crippen LogP contribution is -2.39. The number of rotatable bonds is 5. The van der Waals surface area contributed by atoms with Crippen molar-refractivity contribution >= 4 is 18.0 Å². The molecule has 144 valence electrons. The van der Waals surface area contributed by atoms with Gasteiger partial charge in [-0.1, -0.05) is 0 Å². The van der Waals surface area contributed by atoms with Crippen molar-refractivity contribution in [2.45, 2.75) is 52.7 Å². The lowest BCUT2D eigenvalue weighted by Gasteiger charge is -2.27. The maximum atomic E-state index is 12.4. The second-order valence-electron chi connectivity index (χ2n) is 6.99. The Labute approximate surface area is 152 Å². The molecule has 0 unspecified atom stereocenters. The second kappa shape index (κ2) is 8.20. The Balaban J connectivity index is 1.88. The zero-order valence-electron chi connectivity index (χ0n) is 15.7. The number of aromatic nitrogens is 2. The largest absolute Gasteiger partial charge is 0.461 e. The van der Waals surface area contributed by atoms with Gasteiger partial charge in [0, 0.05) is 43.7 Å². The number of nitrogens with zero attached hydrogens (tertiary/aromatic N) is 2. The van der Waals surface area contributed by atoms with Crippen molar-refractivity contribution in [1.29, 1.82) is 0 Å². The van der Waals surface area contributed by atoms with Crippen LogP contribution in [0, 0.1) is 0 Å². The number of aromatic amines is 1. The van der Waals surface area contributed by atoms with Gasteiger partial charge in [-0.2, -0.15) is 5.10 Å². The van der Waals surface area contributed by atoms with E-state index in [1.165, 1.54) is 0 Å². The van der Waals surface area contributed by atoms with Gasteiger partial charge in [-0.3, -0.25) is 9.89 Å². The molecule has 2 N–H and O–H groups in total. The fraction of sp³-hybridized carbons (Fsp3) is 0.647. The van der Waals surface area contributed by atoms with Gasteiger partial charge in [-0.15, -0.1) is 0 Å². The van der Waals surface area contributed by atoms with Gasteiger partial charge in [0.2, 0.25) is 5.91 Å². The molecular weight excluding hydrogens is 340 g/mol. The Morgan fingerprint density at radius 2 is 2.04 bits per heavy atom. The number of hydrogen-bond acceptors (Lipinski definition) is 6. The predicted molar refractivity (Wildman–Crippen MR) is 92.5 cm³/mol. The summed E-state index contributed by atoms with van der Waals surface area (Å²) >= 11 is 0. The van der Waals surface area contributed by atoms with Crippen molar-refractivity contribution in [2.75, 3.05) is 19.7 Å². The maximum absolute atomic E-state index is 12.4. The third kappa shape index (κ3) is 5.21. The van der Waals surface area contributed by atoms with E-state index < -0.39 is 17.7 Å². The number of hydrogen-bond donors (Lipinski definition) is 2. The fourth-order valence-electron chi connectivity index (χ4n) is 2.62. The van der Waals surface area contributed by atoms with Gasteiger partial charge in [-0.05, 0) is 27.7 Å². The summed E-state index contributed by atoms with van der Waals surface area (Å²) in [5.74, 6) is -0.603. The predicted octanol–water partition coefficient (Wildman–Crippen LogP) is 1.39. The smallest absolute Gasteiger partial charge is 0.407 e. The van der Waals surface area contributed by atoms with Crippen LogP contribution in [-0.2, 0) is 27.2 Å². The van der Waals surface area contributed by atoms with E-state index in [1.54, 1.807) is 32.6 Å². The molecule has 0 bridgehead atoms. The number of nitrogens with one attached hydrogen (secondary N) is 2. The van der Waals surface area contributed by atoms with Crippen molar-refractivity contribution in [3.8, 4) is 0 Å². The van der Waals surface area contributed by atoms with E-state index >= 15 is 0 Å². The van der Waals surface area contributed by atoms with Crippen molar-refractivity contribution in [2.24, 2.45) is 0 Å². The van der Waals surface area contributed by atoms with Gasteiger partial charge < -0.3 is 19.7 Å². The zero-order chi connectivity index (χ0) is 19.3. The van der Waals surface area contributed by atoms with Gasteiger partial charge >= 0.3 is 12.1 Å². The molecule has 1 aromatic heterocycles. The van der Waals surface area contributed by atoms with E-state index in [4.69, 9.17) is 9.47 Å². The summed E-state index contributed by atoms with van der Waals surface area (Å²) in [7, 11) is 0. The molecule has 0 saturated carbocycles. The molecule has 0 spiro atoms. The highest BCUT2D eigenvalue weighted by Crippen LogP contribution is 2.21. The zero-order valence-corrected chi connectivity index (χ0v) is 15.7. The number of amides is 2. The molecule has 0 radical (unpaired) electrons. The Hall–Kier alpha value is -2.58. The van der Waals surface area contributed by atoms with E-state index in [0.717, 1.165) is 5.69 Å². The van der Waals surface area contributed by atoms with Crippen LogP contribution in [0.25, 0.3) is 0 Å². The van der Waals surface area contributed by atoms with Crippen LogP contribution >= 0.6 is 0 Å². The lowest BCUT2D eigenvalue weighted by atomic mass is 10.0. The van der Waals surface area contributed by atoms with Gasteiger partial charge in [0.05, 0.1) is 6.61 Å². The lowest BCUT2D eigenvalue weighted by molar-refractivity contribution is -0.132. The summed E-state index contributed by atoms with van der Waals surface area (Å²) in [6.45, 7) is 8.32. The quantitative estimate of drug-likeness (QED) is 0.761. The number of esters is 1. The maximum Gasteiger partial charge on any atom is 0.407 e. The highest BCUT2D eigenvalue weighted by atomic mass is 16.6. The Kier molecular flexibility index (Phi) is 6.23. The molecule has 9 nitrogen and oxygen atoms in total. The molecule has 1 aliphatic rings. The normalized spacial score (nSPS) is 13.8. The van der Waals surface area contributed by atoms with Crippen molar-refractivity contribution < 1.29 is 23.9 Å². The van der Waals surface area contributed by atoms with Crippen LogP contribution < -0.4 is 5.32 Å². The van der Waals surface area contributed by atoms with Gasteiger partial charge in [0.25, 0.3) is 0 Å². The molecule has 2 amide bonds. The number of fused-ring (bicyclic) bond motifs is 1. The molecule has 2 heterocycles. The molecule has 0 fully saturated rings. The van der Waals surface area contributed by atoms with Gasteiger partial charge in [0.1, 0.15) is 5.60 Å². The van der Waals surface area contributed by atoms with Gasteiger partial charge in [0.15, 0.2) is 5.69 Å². The number of carbonyl (C=O) groups excluding carboxylic acids is 3. The average molecular weight is 366 g/mol. The van der Waals surface area contributed by atoms with Crippen LogP contribution in [0.3, 0.4) is 0 Å². The standard InChI is InChI=1S/C17H26N4O5/c1-5-25-15(23)14-11-10-21(9-7-12(11)19-20-14)13(22)6-8-18-16(24)26-17(2,3)4/h5-10H2,1-4H3,(H,18,24)(H,19,20). The molecule has 0 saturated heterocycles. The monoisotopic (exact) mass is 366 g/mol. The van der Waals surface area contributed by atoms with Crippen LogP contribution in [0.15, 0.2) is 0 Å². The molecule has 2 rings (SSSR count). The first-order valence-corrected chi connectivity index (χ1v) is 8.69.